The first kappa shape index (κ1) is 24.2. The second-order valence-corrected chi connectivity index (χ2v) is 8.95. The largest absolute Gasteiger partial charge is 0.486 e. The molecular formula is C26H26Cl2N4O2. The SMILES string of the molecule is CC(CO)NCc1ccc(/C=C/c2n[nH]c3ccc(OC(C)c4c(Cl)cncc4Cl)cc23)cc1. The van der Waals surface area contributed by atoms with Crippen LogP contribution in [0.3, 0.4) is 0 Å². The van der Waals surface area contributed by atoms with Crippen molar-refractivity contribution in [3.63, 3.8) is 0 Å². The minimum atomic E-state index is -0.347. The molecule has 0 amide bonds. The number of rotatable bonds is 9. The minimum absolute atomic E-state index is 0.0723. The van der Waals surface area contributed by atoms with E-state index in [1.54, 1.807) is 12.4 Å². The average molecular weight is 497 g/mol. The number of hydrogen-bond acceptors (Lipinski definition) is 5. The minimum Gasteiger partial charge on any atom is -0.486 e. The zero-order valence-electron chi connectivity index (χ0n) is 18.9. The van der Waals surface area contributed by atoms with Crippen LogP contribution in [0.25, 0.3) is 23.1 Å². The van der Waals surface area contributed by atoms with Crippen LogP contribution in [0, 0.1) is 0 Å². The Morgan fingerprint density at radius 2 is 1.79 bits per heavy atom. The summed E-state index contributed by atoms with van der Waals surface area (Å²) in [4.78, 5) is 4.00. The number of hydrogen-bond donors (Lipinski definition) is 3. The van der Waals surface area contributed by atoms with Crippen molar-refractivity contribution in [2.45, 2.75) is 32.5 Å². The van der Waals surface area contributed by atoms with Crippen molar-refractivity contribution in [3.05, 3.63) is 87.3 Å². The van der Waals surface area contributed by atoms with Crippen LogP contribution in [0.15, 0.2) is 54.9 Å². The van der Waals surface area contributed by atoms with E-state index in [1.807, 2.05) is 44.2 Å². The molecule has 2 aromatic carbocycles. The van der Waals surface area contributed by atoms with E-state index in [-0.39, 0.29) is 18.8 Å². The number of nitrogens with zero attached hydrogens (tertiary/aromatic N) is 2. The predicted octanol–water partition coefficient (Wildman–Crippen LogP) is 6.05. The monoisotopic (exact) mass is 496 g/mol. The zero-order valence-corrected chi connectivity index (χ0v) is 20.4. The number of aromatic amines is 1. The molecule has 0 spiro atoms. The molecular weight excluding hydrogens is 471 g/mol. The molecule has 0 saturated carbocycles. The van der Waals surface area contributed by atoms with Gasteiger partial charge >= 0.3 is 0 Å². The van der Waals surface area contributed by atoms with Gasteiger partial charge < -0.3 is 15.2 Å². The van der Waals surface area contributed by atoms with Gasteiger partial charge in [-0.15, -0.1) is 0 Å². The average Bonchev–Trinajstić information content (AvgIpc) is 3.24. The number of nitrogens with one attached hydrogen (secondary N) is 2. The second kappa shape index (κ2) is 11.0. The van der Waals surface area contributed by atoms with Gasteiger partial charge in [-0.25, -0.2) is 0 Å². The highest BCUT2D eigenvalue weighted by Gasteiger charge is 2.16. The van der Waals surface area contributed by atoms with Crippen LogP contribution in [0.1, 0.15) is 42.3 Å². The van der Waals surface area contributed by atoms with E-state index in [9.17, 15) is 0 Å². The highest BCUT2D eigenvalue weighted by atomic mass is 35.5. The van der Waals surface area contributed by atoms with Crippen molar-refractivity contribution in [1.82, 2.24) is 20.5 Å². The maximum atomic E-state index is 9.13. The summed E-state index contributed by atoms with van der Waals surface area (Å²) in [5, 5.41) is 21.8. The van der Waals surface area contributed by atoms with Gasteiger partial charge in [0.15, 0.2) is 0 Å². The Morgan fingerprint density at radius 1 is 1.06 bits per heavy atom. The van der Waals surface area contributed by atoms with Crippen molar-refractivity contribution < 1.29 is 9.84 Å². The molecule has 0 aliphatic rings. The highest BCUT2D eigenvalue weighted by Crippen LogP contribution is 2.33. The predicted molar refractivity (Wildman–Crippen MR) is 138 cm³/mol. The van der Waals surface area contributed by atoms with Crippen molar-refractivity contribution in [2.24, 2.45) is 0 Å². The van der Waals surface area contributed by atoms with Crippen LogP contribution in [-0.2, 0) is 6.54 Å². The Morgan fingerprint density at radius 3 is 2.50 bits per heavy atom. The van der Waals surface area contributed by atoms with E-state index < -0.39 is 0 Å². The zero-order chi connectivity index (χ0) is 24.1. The quantitative estimate of drug-likeness (QED) is 0.262. The molecule has 0 bridgehead atoms. The molecule has 34 heavy (non-hydrogen) atoms. The Hall–Kier alpha value is -2.90. The van der Waals surface area contributed by atoms with E-state index in [0.717, 1.165) is 27.7 Å². The molecule has 176 valence electrons. The smallest absolute Gasteiger partial charge is 0.124 e. The van der Waals surface area contributed by atoms with Gasteiger partial charge in [0.1, 0.15) is 11.9 Å². The Kier molecular flexibility index (Phi) is 7.85. The maximum Gasteiger partial charge on any atom is 0.124 e. The summed E-state index contributed by atoms with van der Waals surface area (Å²) in [5.41, 5.74) is 4.66. The topological polar surface area (TPSA) is 83.1 Å². The van der Waals surface area contributed by atoms with Gasteiger partial charge in [-0.05, 0) is 49.2 Å². The summed E-state index contributed by atoms with van der Waals surface area (Å²) in [7, 11) is 0. The van der Waals surface area contributed by atoms with E-state index in [0.29, 0.717) is 27.9 Å². The van der Waals surface area contributed by atoms with E-state index in [2.05, 4.69) is 44.8 Å². The van der Waals surface area contributed by atoms with E-state index in [4.69, 9.17) is 33.0 Å². The van der Waals surface area contributed by atoms with Gasteiger partial charge in [0.2, 0.25) is 0 Å². The Labute approximate surface area is 208 Å². The first-order chi connectivity index (χ1) is 16.4. The number of H-pyrrole nitrogens is 1. The molecule has 2 atom stereocenters. The summed E-state index contributed by atoms with van der Waals surface area (Å²) in [6.07, 6.45) is 6.77. The molecule has 0 radical (unpaired) electrons. The van der Waals surface area contributed by atoms with Gasteiger partial charge in [-0.1, -0.05) is 53.5 Å². The fourth-order valence-corrected chi connectivity index (χ4v) is 4.24. The molecule has 4 rings (SSSR count). The number of aromatic nitrogens is 3. The lowest BCUT2D eigenvalue weighted by atomic mass is 10.1. The lowest BCUT2D eigenvalue weighted by Gasteiger charge is -2.17. The summed E-state index contributed by atoms with van der Waals surface area (Å²) in [6.45, 7) is 4.69. The standard InChI is InChI=1S/C26H26Cl2N4O2/c1-16(15-33)30-12-19-5-3-18(4-6-19)7-9-24-21-11-20(8-10-25(21)32-31-24)34-17(2)26-22(27)13-29-14-23(26)28/h3-11,13-14,16-17,30,33H,12,15H2,1-2H3,(H,31,32)/b9-7+. The lowest BCUT2D eigenvalue weighted by Crippen LogP contribution is -2.28. The number of halogens is 2. The van der Waals surface area contributed by atoms with Crippen molar-refractivity contribution in [1.29, 1.82) is 0 Å². The van der Waals surface area contributed by atoms with Crippen LogP contribution < -0.4 is 10.1 Å². The molecule has 2 aromatic heterocycles. The molecule has 0 aliphatic carbocycles. The number of ether oxygens (including phenoxy) is 1. The van der Waals surface area contributed by atoms with Gasteiger partial charge in [0.05, 0.1) is 27.9 Å². The molecule has 6 nitrogen and oxygen atoms in total. The molecule has 0 fully saturated rings. The maximum absolute atomic E-state index is 9.13. The fraction of sp³-hybridized carbons (Fsp3) is 0.231. The first-order valence-corrected chi connectivity index (χ1v) is 11.7. The summed E-state index contributed by atoms with van der Waals surface area (Å²) in [5.74, 6) is 0.689. The van der Waals surface area contributed by atoms with Gasteiger partial charge in [0.25, 0.3) is 0 Å². The molecule has 4 aromatic rings. The Balaban J connectivity index is 1.49. The van der Waals surface area contributed by atoms with Crippen molar-refractivity contribution >= 4 is 46.3 Å². The number of aliphatic hydroxyl groups excluding tert-OH is 1. The molecule has 2 unspecified atom stereocenters. The number of pyridine rings is 1. The highest BCUT2D eigenvalue weighted by molar-refractivity contribution is 6.35. The van der Waals surface area contributed by atoms with Crippen LogP contribution in [-0.4, -0.2) is 32.9 Å². The first-order valence-electron chi connectivity index (χ1n) is 11.0. The molecule has 3 N–H and O–H groups in total. The van der Waals surface area contributed by atoms with Crippen molar-refractivity contribution in [3.8, 4) is 5.75 Å². The number of benzene rings is 2. The third-order valence-electron chi connectivity index (χ3n) is 5.52. The van der Waals surface area contributed by atoms with Gasteiger partial charge in [-0.3, -0.25) is 10.1 Å². The number of fused-ring (bicyclic) bond motifs is 1. The summed E-state index contributed by atoms with van der Waals surface area (Å²) in [6, 6.07) is 14.1. The van der Waals surface area contributed by atoms with Crippen LogP contribution in [0.2, 0.25) is 10.0 Å². The van der Waals surface area contributed by atoms with Crippen LogP contribution in [0.4, 0.5) is 0 Å². The third kappa shape index (κ3) is 5.77. The van der Waals surface area contributed by atoms with E-state index in [1.165, 1.54) is 0 Å². The fourth-order valence-electron chi connectivity index (χ4n) is 3.56. The summed E-state index contributed by atoms with van der Waals surface area (Å²) >= 11 is 12.6. The van der Waals surface area contributed by atoms with Crippen LogP contribution >= 0.6 is 23.2 Å². The summed E-state index contributed by atoms with van der Waals surface area (Å²) < 4.78 is 6.13. The van der Waals surface area contributed by atoms with Crippen molar-refractivity contribution in [2.75, 3.05) is 6.61 Å². The molecule has 0 saturated heterocycles. The van der Waals surface area contributed by atoms with Gasteiger partial charge in [-0.2, -0.15) is 5.10 Å². The molecule has 8 heteroatoms. The van der Waals surface area contributed by atoms with Crippen LogP contribution in [0.5, 0.6) is 5.75 Å². The molecule has 0 aliphatic heterocycles. The second-order valence-electron chi connectivity index (χ2n) is 8.13. The Bertz CT molecular complexity index is 1270. The van der Waals surface area contributed by atoms with E-state index >= 15 is 0 Å². The lowest BCUT2D eigenvalue weighted by molar-refractivity contribution is 0.227. The third-order valence-corrected chi connectivity index (χ3v) is 6.12. The number of aliphatic hydroxyl groups is 1. The normalized spacial score (nSPS) is 13.4. The van der Waals surface area contributed by atoms with Gasteiger partial charge in [0, 0.05) is 35.9 Å². The molecule has 2 heterocycles.